The highest BCUT2D eigenvalue weighted by molar-refractivity contribution is 7.67. The van der Waals surface area contributed by atoms with Crippen LogP contribution in [0.5, 0.6) is 0 Å². The first-order valence-electron chi connectivity index (χ1n) is 5.81. The summed E-state index contributed by atoms with van der Waals surface area (Å²) in [5.41, 5.74) is 2.10. The highest BCUT2D eigenvalue weighted by Gasteiger charge is 2.17. The molecule has 4 nitrogen and oxygen atoms in total. The zero-order valence-corrected chi connectivity index (χ0v) is 10.7. The number of thiol groups is 1. The van der Waals surface area contributed by atoms with Crippen molar-refractivity contribution in [1.29, 1.82) is 0 Å². The molecule has 1 aromatic carbocycles. The molecule has 2 atom stereocenters. The number of rotatable bonds is 4. The molecule has 0 amide bonds. The van der Waals surface area contributed by atoms with Gasteiger partial charge in [0, 0.05) is 6.04 Å². The number of nitrogens with one attached hydrogen (secondary N) is 1. The van der Waals surface area contributed by atoms with Crippen LogP contribution in [-0.2, 0) is 15.2 Å². The fourth-order valence-corrected chi connectivity index (χ4v) is 2.57. The van der Waals surface area contributed by atoms with Crippen molar-refractivity contribution in [1.82, 2.24) is 5.32 Å². The van der Waals surface area contributed by atoms with E-state index >= 15 is 0 Å². The second-order valence-electron chi connectivity index (χ2n) is 4.29. The minimum atomic E-state index is -2.80. The van der Waals surface area contributed by atoms with Gasteiger partial charge in [0.2, 0.25) is 0 Å². The lowest BCUT2D eigenvalue weighted by Gasteiger charge is -2.14. The summed E-state index contributed by atoms with van der Waals surface area (Å²) < 4.78 is 25.8. The molecule has 0 saturated carbocycles. The molecule has 1 N–H and O–H groups in total. The molecule has 94 valence electrons. The number of benzene rings is 1. The molecule has 0 bridgehead atoms. The molecule has 0 aliphatic carbocycles. The summed E-state index contributed by atoms with van der Waals surface area (Å²) in [6, 6.07) is 8.32. The van der Waals surface area contributed by atoms with E-state index in [1.54, 1.807) is 6.92 Å². The summed E-state index contributed by atoms with van der Waals surface area (Å²) >= 11 is 0. The molecule has 1 aromatic rings. The first-order chi connectivity index (χ1) is 8.16. The summed E-state index contributed by atoms with van der Waals surface area (Å²) in [6.45, 7) is 2.79. The summed E-state index contributed by atoms with van der Waals surface area (Å²) in [7, 11) is -2.80. The van der Waals surface area contributed by atoms with Crippen molar-refractivity contribution < 1.29 is 12.6 Å². The lowest BCUT2D eigenvalue weighted by Crippen LogP contribution is -2.13. The van der Waals surface area contributed by atoms with Gasteiger partial charge in [0.1, 0.15) is 0 Å². The number of hydrogen-bond donors (Lipinski definition) is 2. The third-order valence-electron chi connectivity index (χ3n) is 3.09. The van der Waals surface area contributed by atoms with Crippen LogP contribution in [0.4, 0.5) is 0 Å². The van der Waals surface area contributed by atoms with Crippen LogP contribution in [0.3, 0.4) is 0 Å². The molecule has 0 spiro atoms. The molecule has 1 heterocycles. The maximum absolute atomic E-state index is 10.5. The van der Waals surface area contributed by atoms with Gasteiger partial charge in [-0.15, -0.1) is 0 Å². The fraction of sp³-hybridized carbons (Fsp3) is 0.500. The average Bonchev–Trinajstić information content (AvgIpc) is 2.82. The molecule has 0 aromatic heterocycles. The standard InChI is InChI=1S/C12H17NO3S/c1-9(16-17(14)15)10-4-2-5-11(8-10)12-6-3-7-13-12/h2,4-5,8-9,12-13,17H,3,6-7H2,1H3. The molecular weight excluding hydrogens is 238 g/mol. The molecule has 1 fully saturated rings. The molecule has 1 saturated heterocycles. The van der Waals surface area contributed by atoms with Gasteiger partial charge < -0.3 is 5.32 Å². The van der Waals surface area contributed by atoms with Crippen LogP contribution in [0.25, 0.3) is 0 Å². The second-order valence-corrected chi connectivity index (χ2v) is 4.95. The highest BCUT2D eigenvalue weighted by atomic mass is 32.2. The third kappa shape index (κ3) is 3.28. The zero-order valence-electron chi connectivity index (χ0n) is 9.76. The second kappa shape index (κ2) is 5.62. The van der Waals surface area contributed by atoms with Crippen molar-refractivity contribution in [3.63, 3.8) is 0 Å². The van der Waals surface area contributed by atoms with E-state index in [1.807, 2.05) is 18.2 Å². The molecule has 5 heteroatoms. The lowest BCUT2D eigenvalue weighted by molar-refractivity contribution is 0.245. The Morgan fingerprint density at radius 3 is 2.94 bits per heavy atom. The Morgan fingerprint density at radius 2 is 2.29 bits per heavy atom. The summed E-state index contributed by atoms with van der Waals surface area (Å²) in [5, 5.41) is 3.42. The Labute approximate surface area is 103 Å². The van der Waals surface area contributed by atoms with Crippen LogP contribution < -0.4 is 5.32 Å². The van der Waals surface area contributed by atoms with Crippen LogP contribution in [0.2, 0.25) is 0 Å². The largest absolute Gasteiger partial charge is 0.310 e. The topological polar surface area (TPSA) is 55.4 Å². The zero-order chi connectivity index (χ0) is 12.3. The van der Waals surface area contributed by atoms with Gasteiger partial charge in [-0.3, -0.25) is 4.18 Å². The van der Waals surface area contributed by atoms with Gasteiger partial charge in [0.15, 0.2) is 0 Å². The van der Waals surface area contributed by atoms with E-state index in [0.717, 1.165) is 18.5 Å². The first-order valence-corrected chi connectivity index (χ1v) is 6.91. The van der Waals surface area contributed by atoms with Gasteiger partial charge >= 0.3 is 0 Å². The van der Waals surface area contributed by atoms with Crippen LogP contribution in [0.15, 0.2) is 24.3 Å². The predicted octanol–water partition coefficient (Wildman–Crippen LogP) is 1.72. The maximum atomic E-state index is 10.5. The quantitative estimate of drug-likeness (QED) is 0.804. The van der Waals surface area contributed by atoms with Crippen molar-refractivity contribution in [3.05, 3.63) is 35.4 Å². The fourth-order valence-electron chi connectivity index (χ4n) is 2.19. The average molecular weight is 255 g/mol. The molecule has 2 rings (SSSR count). The van der Waals surface area contributed by atoms with Crippen LogP contribution in [0.1, 0.15) is 43.0 Å². The van der Waals surface area contributed by atoms with E-state index in [9.17, 15) is 8.42 Å². The van der Waals surface area contributed by atoms with E-state index < -0.39 is 17.1 Å². The third-order valence-corrected chi connectivity index (χ3v) is 3.58. The Kier molecular flexibility index (Phi) is 4.15. The van der Waals surface area contributed by atoms with Gasteiger partial charge in [-0.2, -0.15) is 0 Å². The van der Waals surface area contributed by atoms with Gasteiger partial charge in [0.25, 0.3) is 11.0 Å². The summed E-state index contributed by atoms with van der Waals surface area (Å²) in [4.78, 5) is 0. The van der Waals surface area contributed by atoms with Crippen LogP contribution in [0, 0.1) is 0 Å². The molecule has 1 aliphatic heterocycles. The predicted molar refractivity (Wildman–Crippen MR) is 66.2 cm³/mol. The highest BCUT2D eigenvalue weighted by Crippen LogP contribution is 2.26. The van der Waals surface area contributed by atoms with Gasteiger partial charge in [-0.1, -0.05) is 24.3 Å². The van der Waals surface area contributed by atoms with E-state index in [-0.39, 0.29) is 0 Å². The van der Waals surface area contributed by atoms with Gasteiger partial charge in [-0.05, 0) is 37.4 Å². The van der Waals surface area contributed by atoms with E-state index in [1.165, 1.54) is 12.0 Å². The van der Waals surface area contributed by atoms with E-state index in [4.69, 9.17) is 4.18 Å². The lowest BCUT2D eigenvalue weighted by atomic mass is 10.0. The van der Waals surface area contributed by atoms with Crippen molar-refractivity contribution >= 4 is 11.0 Å². The maximum Gasteiger partial charge on any atom is 0.257 e. The van der Waals surface area contributed by atoms with Crippen molar-refractivity contribution in [2.75, 3.05) is 6.54 Å². The van der Waals surface area contributed by atoms with Crippen molar-refractivity contribution in [3.8, 4) is 0 Å². The van der Waals surface area contributed by atoms with Crippen molar-refractivity contribution in [2.45, 2.75) is 31.9 Å². The monoisotopic (exact) mass is 255 g/mol. The van der Waals surface area contributed by atoms with Gasteiger partial charge in [0.05, 0.1) is 6.10 Å². The van der Waals surface area contributed by atoms with Gasteiger partial charge in [-0.25, -0.2) is 8.42 Å². The molecule has 2 unspecified atom stereocenters. The SMILES string of the molecule is CC(O[SH](=O)=O)c1cccc(C2CCCN2)c1. The minimum Gasteiger partial charge on any atom is -0.310 e. The van der Waals surface area contributed by atoms with E-state index in [0.29, 0.717) is 6.04 Å². The van der Waals surface area contributed by atoms with Crippen LogP contribution >= 0.6 is 0 Å². The normalized spacial score (nSPS) is 21.9. The smallest absolute Gasteiger partial charge is 0.257 e. The molecule has 17 heavy (non-hydrogen) atoms. The Hall–Kier alpha value is -0.910. The summed E-state index contributed by atoms with van der Waals surface area (Å²) in [6.07, 6.45) is 1.90. The molecule has 0 radical (unpaired) electrons. The molecular formula is C12H17NO3S. The Bertz CT molecular complexity index is 445. The number of hydrogen-bond acceptors (Lipinski definition) is 4. The van der Waals surface area contributed by atoms with Crippen LogP contribution in [-0.4, -0.2) is 15.0 Å². The van der Waals surface area contributed by atoms with Crippen molar-refractivity contribution in [2.24, 2.45) is 0 Å². The Morgan fingerprint density at radius 1 is 1.47 bits per heavy atom. The summed E-state index contributed by atoms with van der Waals surface area (Å²) in [5.74, 6) is 0. The minimum absolute atomic E-state index is 0.392. The Balaban J connectivity index is 2.15. The first kappa shape index (κ1) is 12.5. The van der Waals surface area contributed by atoms with E-state index in [2.05, 4.69) is 11.4 Å². The molecule has 1 aliphatic rings.